The Morgan fingerprint density at radius 2 is 1.52 bits per heavy atom. The molecule has 8 heteroatoms. The molecule has 8 nitrogen and oxygen atoms in total. The molecule has 0 fully saturated rings. The molecule has 0 spiro atoms. The van der Waals surface area contributed by atoms with Crippen molar-refractivity contribution in [3.8, 4) is 11.5 Å². The average Bonchev–Trinajstić information content (AvgIpc) is 2.72. The van der Waals surface area contributed by atoms with Crippen LogP contribution in [0.2, 0.25) is 0 Å². The van der Waals surface area contributed by atoms with Gasteiger partial charge in [-0.15, -0.1) is 0 Å². The first kappa shape index (κ1) is 21.7. The summed E-state index contributed by atoms with van der Waals surface area (Å²) in [5, 5.41) is 4.61. The molecule has 154 valence electrons. The number of hydrogen-bond acceptors (Lipinski definition) is 6. The number of ether oxygens (including phenoxy) is 3. The third-order valence-electron chi connectivity index (χ3n) is 3.66. The van der Waals surface area contributed by atoms with E-state index in [4.69, 9.17) is 14.2 Å². The summed E-state index contributed by atoms with van der Waals surface area (Å²) in [6, 6.07) is 14.7. The molecule has 3 amide bonds. The van der Waals surface area contributed by atoms with Gasteiger partial charge >= 0.3 is 12.0 Å². The van der Waals surface area contributed by atoms with Crippen LogP contribution in [0.4, 0.5) is 4.79 Å². The molecule has 0 bridgehead atoms. The van der Waals surface area contributed by atoms with E-state index in [1.54, 1.807) is 61.5 Å². The Bertz CT molecular complexity index is 825. The Morgan fingerprint density at radius 3 is 2.14 bits per heavy atom. The van der Waals surface area contributed by atoms with Gasteiger partial charge in [-0.2, -0.15) is 0 Å². The number of amides is 3. The second-order valence-corrected chi connectivity index (χ2v) is 5.80. The average molecular weight is 400 g/mol. The molecule has 0 radical (unpaired) electrons. The minimum absolute atomic E-state index is 0.349. The summed E-state index contributed by atoms with van der Waals surface area (Å²) in [6.45, 7) is 3.92. The lowest BCUT2D eigenvalue weighted by molar-refractivity contribution is -0.158. The van der Waals surface area contributed by atoms with E-state index in [1.165, 1.54) is 0 Å². The molecule has 0 heterocycles. The molecule has 2 aromatic carbocycles. The Kier molecular flexibility index (Phi) is 8.50. The van der Waals surface area contributed by atoms with E-state index in [1.807, 2.05) is 6.92 Å². The Balaban J connectivity index is 2.05. The molecule has 2 N–H and O–H groups in total. The second kappa shape index (κ2) is 11.3. The highest BCUT2D eigenvalue weighted by Gasteiger charge is 2.26. The Hall–Kier alpha value is -3.55. The van der Waals surface area contributed by atoms with Crippen LogP contribution in [0.25, 0.3) is 0 Å². The Morgan fingerprint density at radius 1 is 0.897 bits per heavy atom. The number of carbonyl (C=O) groups is 3. The predicted octanol–water partition coefficient (Wildman–Crippen LogP) is 2.59. The van der Waals surface area contributed by atoms with E-state index in [0.29, 0.717) is 30.2 Å². The van der Waals surface area contributed by atoms with Gasteiger partial charge in [0.2, 0.25) is 6.10 Å². The van der Waals surface area contributed by atoms with Crippen LogP contribution in [0.15, 0.2) is 54.6 Å². The molecule has 2 rings (SSSR count). The van der Waals surface area contributed by atoms with Crippen LogP contribution in [-0.2, 0) is 14.3 Å². The monoisotopic (exact) mass is 400 g/mol. The molecule has 0 aromatic heterocycles. The van der Waals surface area contributed by atoms with Gasteiger partial charge in [0, 0.05) is 12.1 Å². The molecule has 0 aliphatic carbocycles. The molecular weight excluding hydrogens is 376 g/mol. The fraction of sp³-hybridized carbons (Fsp3) is 0.286. The fourth-order valence-corrected chi connectivity index (χ4v) is 2.43. The van der Waals surface area contributed by atoms with Crippen molar-refractivity contribution < 1.29 is 28.6 Å². The number of esters is 1. The zero-order chi connectivity index (χ0) is 21.1. The van der Waals surface area contributed by atoms with Gasteiger partial charge in [0.05, 0.1) is 6.61 Å². The zero-order valence-electron chi connectivity index (χ0n) is 16.3. The summed E-state index contributed by atoms with van der Waals surface area (Å²) in [6.07, 6.45) is -1.29. The molecule has 29 heavy (non-hydrogen) atoms. The van der Waals surface area contributed by atoms with E-state index in [0.717, 1.165) is 0 Å². The smallest absolute Gasteiger partial charge is 0.345 e. The van der Waals surface area contributed by atoms with Crippen LogP contribution in [0.1, 0.15) is 25.5 Å². The number of carbonyl (C=O) groups excluding carboxylic acids is 3. The van der Waals surface area contributed by atoms with Crippen molar-refractivity contribution in [2.45, 2.75) is 20.0 Å². The molecular formula is C21H24N2O6. The number of nitrogens with one attached hydrogen (secondary N) is 2. The lowest BCUT2D eigenvalue weighted by Crippen LogP contribution is -2.42. The maximum Gasteiger partial charge on any atom is 0.345 e. The van der Waals surface area contributed by atoms with Crippen LogP contribution >= 0.6 is 0 Å². The number of urea groups is 1. The highest BCUT2D eigenvalue weighted by atomic mass is 16.6. The quantitative estimate of drug-likeness (QED) is 0.627. The van der Waals surface area contributed by atoms with E-state index < -0.39 is 30.6 Å². The van der Waals surface area contributed by atoms with Gasteiger partial charge < -0.3 is 19.5 Å². The van der Waals surface area contributed by atoms with Gasteiger partial charge in [0.1, 0.15) is 0 Å². The lowest BCUT2D eigenvalue weighted by atomic mass is 10.1. The van der Waals surface area contributed by atoms with Gasteiger partial charge in [-0.3, -0.25) is 10.1 Å². The van der Waals surface area contributed by atoms with Crippen LogP contribution in [0.3, 0.4) is 0 Å². The maximum absolute atomic E-state index is 12.5. The van der Waals surface area contributed by atoms with Crippen molar-refractivity contribution in [2.24, 2.45) is 0 Å². The maximum atomic E-state index is 12.5. The third kappa shape index (κ3) is 6.84. The largest absolute Gasteiger partial charge is 0.490 e. The van der Waals surface area contributed by atoms with Crippen LogP contribution < -0.4 is 20.1 Å². The molecule has 0 saturated heterocycles. The van der Waals surface area contributed by atoms with E-state index in [9.17, 15) is 14.4 Å². The first-order valence-corrected chi connectivity index (χ1v) is 9.22. The molecule has 0 unspecified atom stereocenters. The van der Waals surface area contributed by atoms with Crippen LogP contribution in [0.5, 0.6) is 11.5 Å². The summed E-state index contributed by atoms with van der Waals surface area (Å²) in [5.41, 5.74) is 0.428. The van der Waals surface area contributed by atoms with Crippen molar-refractivity contribution in [3.63, 3.8) is 0 Å². The summed E-state index contributed by atoms with van der Waals surface area (Å²) >= 11 is 0. The first-order valence-electron chi connectivity index (χ1n) is 9.22. The van der Waals surface area contributed by atoms with Crippen molar-refractivity contribution in [3.05, 3.63) is 60.2 Å². The van der Waals surface area contributed by atoms with Gasteiger partial charge in [-0.1, -0.05) is 42.5 Å². The lowest BCUT2D eigenvalue weighted by Gasteiger charge is -2.18. The second-order valence-electron chi connectivity index (χ2n) is 5.80. The van der Waals surface area contributed by atoms with Gasteiger partial charge in [-0.05, 0) is 26.0 Å². The van der Waals surface area contributed by atoms with Crippen molar-refractivity contribution in [1.82, 2.24) is 10.6 Å². The molecule has 1 atom stereocenters. The van der Waals surface area contributed by atoms with Crippen molar-refractivity contribution in [1.29, 1.82) is 0 Å². The van der Waals surface area contributed by atoms with E-state index in [2.05, 4.69) is 10.6 Å². The third-order valence-corrected chi connectivity index (χ3v) is 3.66. The van der Waals surface area contributed by atoms with Crippen LogP contribution in [-0.4, -0.2) is 37.7 Å². The normalized spacial score (nSPS) is 11.1. The van der Waals surface area contributed by atoms with Gasteiger partial charge in [0.15, 0.2) is 18.1 Å². The molecule has 0 saturated carbocycles. The number of rotatable bonds is 9. The minimum atomic E-state index is -1.29. The van der Waals surface area contributed by atoms with Crippen molar-refractivity contribution >= 4 is 17.9 Å². The number of hydrogen-bond donors (Lipinski definition) is 2. The predicted molar refractivity (Wildman–Crippen MR) is 106 cm³/mol. The fourth-order valence-electron chi connectivity index (χ4n) is 2.43. The zero-order valence-corrected chi connectivity index (χ0v) is 16.3. The summed E-state index contributed by atoms with van der Waals surface area (Å²) in [7, 11) is 0. The van der Waals surface area contributed by atoms with E-state index in [-0.39, 0.29) is 0 Å². The summed E-state index contributed by atoms with van der Waals surface area (Å²) < 4.78 is 16.2. The highest BCUT2D eigenvalue weighted by Crippen LogP contribution is 2.26. The van der Waals surface area contributed by atoms with Crippen molar-refractivity contribution in [2.75, 3.05) is 19.8 Å². The number of imide groups is 1. The number of benzene rings is 2. The number of para-hydroxylation sites is 2. The topological polar surface area (TPSA) is 103 Å². The standard InChI is InChI=1S/C21H24N2O6/c1-3-22-21(26)23-20(25)19(15-10-6-5-7-11-15)29-18(24)14-28-17-13-9-8-12-16(17)27-4-2/h5-13,19H,3-4,14H2,1-2H3,(H2,22,23,25,26)/t19-/m0/s1. The van der Waals surface area contributed by atoms with Crippen LogP contribution in [0, 0.1) is 0 Å². The molecule has 0 aliphatic rings. The van der Waals surface area contributed by atoms with Gasteiger partial charge in [0.25, 0.3) is 5.91 Å². The molecule has 0 aliphatic heterocycles. The summed E-state index contributed by atoms with van der Waals surface area (Å²) in [4.78, 5) is 36.4. The Labute approximate surface area is 169 Å². The highest BCUT2D eigenvalue weighted by molar-refractivity contribution is 5.97. The molecule has 2 aromatic rings. The first-order chi connectivity index (χ1) is 14.0. The minimum Gasteiger partial charge on any atom is -0.490 e. The summed E-state index contributed by atoms with van der Waals surface area (Å²) in [5.74, 6) is -0.646. The van der Waals surface area contributed by atoms with E-state index >= 15 is 0 Å². The van der Waals surface area contributed by atoms with Gasteiger partial charge in [-0.25, -0.2) is 9.59 Å². The SMILES string of the molecule is CCNC(=O)NC(=O)[C@@H](OC(=O)COc1ccccc1OCC)c1ccccc1.